The van der Waals surface area contributed by atoms with E-state index in [1.165, 1.54) is 0 Å². The van der Waals surface area contributed by atoms with Crippen molar-refractivity contribution in [2.75, 3.05) is 13.6 Å². The second kappa shape index (κ2) is 3.79. The Balaban J connectivity index is 2.59. The van der Waals surface area contributed by atoms with E-state index >= 15 is 0 Å². The van der Waals surface area contributed by atoms with Crippen LogP contribution in [0.2, 0.25) is 0 Å². The average Bonchev–Trinajstić information content (AvgIpc) is 2.37. The minimum atomic E-state index is 0.717. The van der Waals surface area contributed by atoms with Crippen molar-refractivity contribution in [3.8, 4) is 11.8 Å². The Kier molecular flexibility index (Phi) is 2.70. The van der Waals surface area contributed by atoms with Gasteiger partial charge in [-0.1, -0.05) is 11.8 Å². The van der Waals surface area contributed by atoms with Gasteiger partial charge in [-0.25, -0.2) is 0 Å². The highest BCUT2D eigenvalue weighted by Crippen LogP contribution is 1.90. The molecule has 1 heterocycles. The van der Waals surface area contributed by atoms with Crippen molar-refractivity contribution in [2.24, 2.45) is 7.05 Å². The van der Waals surface area contributed by atoms with Crippen LogP contribution >= 0.6 is 0 Å². The fraction of sp³-hybridized carbons (Fsp3) is 0.375. The third kappa shape index (κ3) is 2.44. The zero-order valence-electron chi connectivity index (χ0n) is 6.76. The van der Waals surface area contributed by atoms with Crippen LogP contribution in [0.15, 0.2) is 12.4 Å². The molecule has 0 radical (unpaired) electrons. The normalized spacial score (nSPS) is 8.91. The van der Waals surface area contributed by atoms with Crippen molar-refractivity contribution in [3.05, 3.63) is 18.0 Å². The summed E-state index contributed by atoms with van der Waals surface area (Å²) >= 11 is 0. The van der Waals surface area contributed by atoms with Crippen molar-refractivity contribution in [2.45, 2.75) is 0 Å². The van der Waals surface area contributed by atoms with E-state index in [2.05, 4.69) is 22.3 Å². The molecule has 0 aromatic carbocycles. The van der Waals surface area contributed by atoms with Crippen LogP contribution in [0.1, 0.15) is 5.56 Å². The van der Waals surface area contributed by atoms with E-state index < -0.39 is 0 Å². The molecule has 3 nitrogen and oxygen atoms in total. The van der Waals surface area contributed by atoms with Crippen LogP contribution in [0.4, 0.5) is 0 Å². The van der Waals surface area contributed by atoms with Crippen LogP contribution < -0.4 is 5.32 Å². The molecule has 0 aliphatic carbocycles. The van der Waals surface area contributed by atoms with Crippen molar-refractivity contribution in [1.82, 2.24) is 15.1 Å². The monoisotopic (exact) mass is 149 g/mol. The predicted molar refractivity (Wildman–Crippen MR) is 44.0 cm³/mol. The standard InChI is InChI=1S/C8H11N3/c1-9-5-3-4-8-6-10-11(2)7-8/h6-7,9H,5H2,1-2H3. The van der Waals surface area contributed by atoms with Crippen LogP contribution in [0, 0.1) is 11.8 Å². The first-order valence-electron chi connectivity index (χ1n) is 3.45. The molecule has 1 rings (SSSR count). The molecular weight excluding hydrogens is 138 g/mol. The predicted octanol–water partition coefficient (Wildman–Crippen LogP) is -0.00900. The summed E-state index contributed by atoms with van der Waals surface area (Å²) in [5, 5.41) is 6.93. The first-order valence-corrected chi connectivity index (χ1v) is 3.45. The molecule has 3 heteroatoms. The SMILES string of the molecule is CNCC#Cc1cnn(C)c1. The first kappa shape index (κ1) is 7.83. The van der Waals surface area contributed by atoms with Crippen molar-refractivity contribution in [3.63, 3.8) is 0 Å². The molecule has 11 heavy (non-hydrogen) atoms. The number of nitrogens with zero attached hydrogens (tertiary/aromatic N) is 2. The summed E-state index contributed by atoms with van der Waals surface area (Å²) in [5.74, 6) is 5.92. The molecule has 0 saturated carbocycles. The first-order chi connectivity index (χ1) is 5.33. The van der Waals surface area contributed by atoms with Crippen molar-refractivity contribution < 1.29 is 0 Å². The summed E-state index contributed by atoms with van der Waals surface area (Å²) in [6.07, 6.45) is 3.64. The van der Waals surface area contributed by atoms with E-state index in [1.807, 2.05) is 20.3 Å². The Labute approximate surface area is 66.4 Å². The molecule has 0 saturated heterocycles. The second-order valence-electron chi connectivity index (χ2n) is 2.23. The molecule has 0 unspecified atom stereocenters. The fourth-order valence-corrected chi connectivity index (χ4v) is 0.720. The second-order valence-corrected chi connectivity index (χ2v) is 2.23. The van der Waals surface area contributed by atoms with E-state index in [4.69, 9.17) is 0 Å². The Morgan fingerprint density at radius 2 is 2.55 bits per heavy atom. The minimum absolute atomic E-state index is 0.717. The van der Waals surface area contributed by atoms with Gasteiger partial charge in [-0.15, -0.1) is 0 Å². The van der Waals surface area contributed by atoms with Gasteiger partial charge in [0.05, 0.1) is 18.3 Å². The quantitative estimate of drug-likeness (QED) is 0.569. The molecule has 0 atom stereocenters. The maximum atomic E-state index is 3.99. The van der Waals surface area contributed by atoms with Crippen LogP contribution in [0.3, 0.4) is 0 Å². The van der Waals surface area contributed by atoms with Gasteiger partial charge in [0.25, 0.3) is 0 Å². The fourth-order valence-electron chi connectivity index (χ4n) is 0.720. The van der Waals surface area contributed by atoms with E-state index in [9.17, 15) is 0 Å². The van der Waals surface area contributed by atoms with Gasteiger partial charge >= 0.3 is 0 Å². The Bertz CT molecular complexity index is 277. The van der Waals surface area contributed by atoms with Crippen LogP contribution in [-0.2, 0) is 7.05 Å². The van der Waals surface area contributed by atoms with E-state index in [-0.39, 0.29) is 0 Å². The number of nitrogens with one attached hydrogen (secondary N) is 1. The summed E-state index contributed by atoms with van der Waals surface area (Å²) in [7, 11) is 3.75. The molecule has 0 fully saturated rings. The lowest BCUT2D eigenvalue weighted by molar-refractivity contribution is 0.767. The molecule has 1 aromatic rings. The summed E-state index contributed by atoms with van der Waals surface area (Å²) in [6, 6.07) is 0. The van der Waals surface area contributed by atoms with Crippen LogP contribution in [-0.4, -0.2) is 23.4 Å². The molecule has 0 aliphatic heterocycles. The summed E-state index contributed by atoms with van der Waals surface area (Å²) in [4.78, 5) is 0. The lowest BCUT2D eigenvalue weighted by Crippen LogP contribution is -2.04. The van der Waals surface area contributed by atoms with E-state index in [1.54, 1.807) is 10.9 Å². The average molecular weight is 149 g/mol. The number of rotatable bonds is 1. The zero-order valence-corrected chi connectivity index (χ0v) is 6.76. The molecule has 58 valence electrons. The molecule has 0 aliphatic rings. The van der Waals surface area contributed by atoms with Gasteiger partial charge in [0, 0.05) is 13.2 Å². The largest absolute Gasteiger partial charge is 0.309 e. The zero-order chi connectivity index (χ0) is 8.10. The van der Waals surface area contributed by atoms with Gasteiger partial charge < -0.3 is 5.32 Å². The number of aryl methyl sites for hydroxylation is 1. The van der Waals surface area contributed by atoms with Crippen LogP contribution in [0.5, 0.6) is 0 Å². The Hall–Kier alpha value is -1.27. The smallest absolute Gasteiger partial charge is 0.0646 e. The highest BCUT2D eigenvalue weighted by atomic mass is 15.2. The summed E-state index contributed by atoms with van der Waals surface area (Å²) in [5.41, 5.74) is 0.961. The van der Waals surface area contributed by atoms with Crippen molar-refractivity contribution >= 4 is 0 Å². The molecule has 0 spiro atoms. The summed E-state index contributed by atoms with van der Waals surface area (Å²) in [6.45, 7) is 0.717. The van der Waals surface area contributed by atoms with Gasteiger partial charge in [-0.3, -0.25) is 4.68 Å². The Morgan fingerprint density at radius 3 is 3.09 bits per heavy atom. The summed E-state index contributed by atoms with van der Waals surface area (Å²) < 4.78 is 1.74. The number of aromatic nitrogens is 2. The maximum Gasteiger partial charge on any atom is 0.0646 e. The third-order valence-corrected chi connectivity index (χ3v) is 1.20. The van der Waals surface area contributed by atoms with Gasteiger partial charge in [0.1, 0.15) is 0 Å². The molecule has 0 amide bonds. The highest BCUT2D eigenvalue weighted by Gasteiger charge is 1.87. The third-order valence-electron chi connectivity index (χ3n) is 1.20. The lowest BCUT2D eigenvalue weighted by Gasteiger charge is -1.81. The molecule has 1 N–H and O–H groups in total. The van der Waals surface area contributed by atoms with Gasteiger partial charge in [0.2, 0.25) is 0 Å². The molecule has 0 bridgehead atoms. The van der Waals surface area contributed by atoms with Gasteiger partial charge in [0.15, 0.2) is 0 Å². The number of hydrogen-bond donors (Lipinski definition) is 1. The molecule has 1 aromatic heterocycles. The lowest BCUT2D eigenvalue weighted by atomic mass is 10.4. The number of hydrogen-bond acceptors (Lipinski definition) is 2. The molecular formula is C8H11N3. The van der Waals surface area contributed by atoms with Crippen molar-refractivity contribution in [1.29, 1.82) is 0 Å². The highest BCUT2D eigenvalue weighted by molar-refractivity contribution is 5.29. The topological polar surface area (TPSA) is 29.9 Å². The van der Waals surface area contributed by atoms with E-state index in [0.29, 0.717) is 0 Å². The van der Waals surface area contributed by atoms with Gasteiger partial charge in [-0.2, -0.15) is 5.10 Å². The maximum absolute atomic E-state index is 3.99. The van der Waals surface area contributed by atoms with Crippen LogP contribution in [0.25, 0.3) is 0 Å². The minimum Gasteiger partial charge on any atom is -0.309 e. The van der Waals surface area contributed by atoms with E-state index in [0.717, 1.165) is 12.1 Å². The van der Waals surface area contributed by atoms with Gasteiger partial charge in [-0.05, 0) is 7.05 Å². The Morgan fingerprint density at radius 1 is 1.73 bits per heavy atom.